The number of anilines is 2. The number of allylic oxidation sites excluding steroid dienone is 2. The first-order valence-electron chi connectivity index (χ1n) is 26.7. The molecule has 1 atom stereocenters. The van der Waals surface area contributed by atoms with E-state index in [0.717, 1.165) is 82.9 Å². The smallest absolute Gasteiger partial charge is 0.268 e. The molecule has 2 aromatic heterocycles. The van der Waals surface area contributed by atoms with Crippen LogP contribution in [0.15, 0.2) is 108 Å². The Morgan fingerprint density at radius 1 is 1.00 bits per heavy atom. The van der Waals surface area contributed by atoms with Crippen LogP contribution in [0.1, 0.15) is 121 Å². The fourth-order valence-electron chi connectivity index (χ4n) is 12.1. The van der Waals surface area contributed by atoms with Crippen molar-refractivity contribution in [2.24, 2.45) is 16.5 Å². The highest BCUT2D eigenvalue weighted by Crippen LogP contribution is 2.54. The van der Waals surface area contributed by atoms with Crippen molar-refractivity contribution in [2.75, 3.05) is 56.6 Å². The maximum atomic E-state index is 15.2. The van der Waals surface area contributed by atoms with Gasteiger partial charge in [0.2, 0.25) is 0 Å². The Kier molecular flexibility index (Phi) is 15.1. The second-order valence-corrected chi connectivity index (χ2v) is 23.7. The highest BCUT2D eigenvalue weighted by molar-refractivity contribution is 7.90. The van der Waals surface area contributed by atoms with Crippen molar-refractivity contribution in [1.29, 1.82) is 0 Å². The highest BCUT2D eigenvalue weighted by atomic mass is 32.2. The second kappa shape index (κ2) is 21.8. The Hall–Kier alpha value is -6.97. The largest absolute Gasteiger partial charge is 0.478 e. The molecule has 17 heteroatoms. The lowest BCUT2D eigenvalue weighted by Gasteiger charge is -2.58. The molecular weight excluding hydrogens is 996 g/mol. The average Bonchev–Trinajstić information content (AvgIpc) is 3.72. The van der Waals surface area contributed by atoms with Crippen molar-refractivity contribution >= 4 is 44.5 Å². The maximum Gasteiger partial charge on any atom is 0.268 e. The fourth-order valence-corrected chi connectivity index (χ4v) is 13.0. The van der Waals surface area contributed by atoms with Crippen molar-refractivity contribution in [1.82, 2.24) is 24.5 Å². The van der Waals surface area contributed by atoms with Crippen molar-refractivity contribution in [3.63, 3.8) is 0 Å². The number of piperidine rings is 1. The lowest BCUT2D eigenvalue weighted by Crippen LogP contribution is -2.60. The quantitative estimate of drug-likeness (QED) is 0.0628. The lowest BCUT2D eigenvalue weighted by molar-refractivity contribution is -0.0628. The minimum atomic E-state index is -4.64. The summed E-state index contributed by atoms with van der Waals surface area (Å²) in [6, 6.07) is 26.0. The number of hydrogen-bond acceptors (Lipinski definition) is 14. The van der Waals surface area contributed by atoms with Crippen LogP contribution < -0.4 is 24.4 Å². The van der Waals surface area contributed by atoms with Crippen molar-refractivity contribution in [3.05, 3.63) is 142 Å². The number of halogens is 1. The number of rotatable bonds is 16. The topological polar surface area (TPSA) is 179 Å². The molecule has 4 fully saturated rings. The van der Waals surface area contributed by atoms with Gasteiger partial charge in [-0.3, -0.25) is 14.6 Å². The van der Waals surface area contributed by atoms with Gasteiger partial charge in [0.1, 0.15) is 22.1 Å². The van der Waals surface area contributed by atoms with Crippen LogP contribution in [0.5, 0.6) is 17.4 Å². The van der Waals surface area contributed by atoms with E-state index >= 15 is 4.39 Å². The Bertz CT molecular complexity index is 3260. The van der Waals surface area contributed by atoms with Crippen LogP contribution in [0.3, 0.4) is 0 Å². The number of ether oxygens (including phenoxy) is 2. The predicted octanol–water partition coefficient (Wildman–Crippen LogP) is 10.8. The molecule has 77 heavy (non-hydrogen) atoms. The molecule has 2 saturated heterocycles. The molecule has 2 saturated carbocycles. The number of sulfonamides is 1. The summed E-state index contributed by atoms with van der Waals surface area (Å²) in [6.07, 6.45) is 14.1. The molecular formula is C60H67FN8O7S. The summed E-state index contributed by atoms with van der Waals surface area (Å²) in [4.78, 5) is 42.1. The normalized spacial score (nSPS) is 21.7. The SMILES string of the molecule is C#CC1(O)CCC(CNc2ncc(S(=O)(=O)NC(=O)c3ccc(N4CCC5(CC4)CC(N4CCN(Cc6ccc(C)cc6)C[C@H]4c4ccccc4C(C)C)C5)cc3Oc3cc4c(nc3OC)C(=C)C=C4F)cc2N=O)CC1. The first-order valence-corrected chi connectivity index (χ1v) is 28.1. The standard InChI is InChI=1S/C60H67FN8O7S/c1-7-60(71)20-18-41(19-21-60)34-62-56-51(65-72)30-45(35-63-56)77(73,74)66-57(70)48-17-16-43(29-53(48)76-54-31-49-50(61)28-40(5)55(49)64-58(54)75-6)68-24-22-59(23-25-68)32-44(33-59)69-27-26-67(36-42-14-12-39(4)13-15-42)37-52(69)47-11-9-8-10-46(47)38(2)3/h1,8-17,28-31,35,38,41,44,52,71H,5,18-27,32-34,36-37H2,2-4,6H3,(H,62,63)(H,66,70)/t41?,52-,60?/m0/s1. The van der Waals surface area contributed by atoms with E-state index in [1.165, 1.54) is 47.6 Å². The molecule has 0 unspecified atom stereocenters. The zero-order valence-electron chi connectivity index (χ0n) is 44.2. The Labute approximate surface area is 451 Å². The van der Waals surface area contributed by atoms with Gasteiger partial charge in [0, 0.05) is 81.4 Å². The van der Waals surface area contributed by atoms with Crippen LogP contribution in [-0.4, -0.2) is 97.2 Å². The third-order valence-corrected chi connectivity index (χ3v) is 18.0. The number of aromatic nitrogens is 2. The number of fused-ring (bicyclic) bond motifs is 1. The van der Waals surface area contributed by atoms with E-state index < -0.39 is 32.3 Å². The molecule has 0 bridgehead atoms. The lowest BCUT2D eigenvalue weighted by atomic mass is 9.59. The van der Waals surface area contributed by atoms with Gasteiger partial charge < -0.3 is 24.8 Å². The predicted molar refractivity (Wildman–Crippen MR) is 297 cm³/mol. The first-order chi connectivity index (χ1) is 37.0. The van der Waals surface area contributed by atoms with Crippen LogP contribution in [0.4, 0.5) is 21.6 Å². The zero-order chi connectivity index (χ0) is 54.2. The van der Waals surface area contributed by atoms with Crippen molar-refractivity contribution < 1.29 is 32.2 Å². The van der Waals surface area contributed by atoms with Gasteiger partial charge in [0.25, 0.3) is 21.8 Å². The molecule has 0 radical (unpaired) electrons. The molecule has 3 N–H and O–H groups in total. The molecule has 5 aromatic rings. The van der Waals surface area contributed by atoms with Crippen LogP contribution in [-0.2, 0) is 16.6 Å². The van der Waals surface area contributed by atoms with E-state index in [1.54, 1.807) is 12.1 Å². The molecule has 1 spiro atoms. The summed E-state index contributed by atoms with van der Waals surface area (Å²) < 4.78 is 57.1. The van der Waals surface area contributed by atoms with E-state index in [-0.39, 0.29) is 63.1 Å². The minimum absolute atomic E-state index is 0.00378. The number of pyridine rings is 2. The number of carbonyl (C=O) groups excluding carboxylic acids is 1. The summed E-state index contributed by atoms with van der Waals surface area (Å²) in [7, 11) is -3.25. The number of hydrogen-bond donors (Lipinski definition) is 3. The summed E-state index contributed by atoms with van der Waals surface area (Å²) >= 11 is 0. The molecule has 2 aliphatic heterocycles. The average molecular weight is 1060 g/mol. The van der Waals surface area contributed by atoms with Gasteiger partial charge in [-0.2, -0.15) is 0 Å². The van der Waals surface area contributed by atoms with Gasteiger partial charge in [0.15, 0.2) is 17.3 Å². The molecule has 4 heterocycles. The summed E-state index contributed by atoms with van der Waals surface area (Å²) in [5.41, 5.74) is 5.61. The molecule has 15 nitrogen and oxygen atoms in total. The van der Waals surface area contributed by atoms with Gasteiger partial charge in [-0.05, 0) is 133 Å². The number of nitrogens with zero attached hydrogens (tertiary/aromatic N) is 6. The molecule has 1 amide bonds. The number of aryl methyl sites for hydroxylation is 1. The highest BCUT2D eigenvalue weighted by Gasteiger charge is 2.50. The monoisotopic (exact) mass is 1060 g/mol. The maximum absolute atomic E-state index is 15.2. The van der Waals surface area contributed by atoms with E-state index in [9.17, 15) is 23.2 Å². The number of terminal acetylenes is 1. The van der Waals surface area contributed by atoms with Crippen molar-refractivity contribution in [3.8, 4) is 29.7 Å². The number of nitroso groups, excluding NO2 is 1. The van der Waals surface area contributed by atoms with Crippen LogP contribution in [0.25, 0.3) is 11.4 Å². The fraction of sp³-hybridized carbons (Fsp3) is 0.417. The zero-order valence-corrected chi connectivity index (χ0v) is 45.0. The molecule has 3 aliphatic carbocycles. The third kappa shape index (κ3) is 11.3. The Morgan fingerprint density at radius 2 is 1.74 bits per heavy atom. The Balaban J connectivity index is 0.854. The van der Waals surface area contributed by atoms with Crippen molar-refractivity contribution in [2.45, 2.75) is 107 Å². The second-order valence-electron chi connectivity index (χ2n) is 22.1. The number of amides is 1. The van der Waals surface area contributed by atoms with E-state index in [4.69, 9.17) is 15.9 Å². The van der Waals surface area contributed by atoms with Gasteiger partial charge >= 0.3 is 0 Å². The first kappa shape index (κ1) is 53.4. The molecule has 5 aliphatic rings. The third-order valence-electron chi connectivity index (χ3n) is 16.7. The molecule has 402 valence electrons. The molecule has 10 rings (SSSR count). The van der Waals surface area contributed by atoms with Gasteiger partial charge in [-0.25, -0.2) is 27.5 Å². The number of nitrogens with one attached hydrogen (secondary N) is 2. The van der Waals surface area contributed by atoms with Gasteiger partial charge in [0.05, 0.1) is 18.4 Å². The van der Waals surface area contributed by atoms with Crippen LogP contribution >= 0.6 is 0 Å². The number of piperazine rings is 1. The van der Waals surface area contributed by atoms with Crippen LogP contribution in [0.2, 0.25) is 0 Å². The number of aliphatic hydroxyl groups is 1. The van der Waals surface area contributed by atoms with Crippen LogP contribution in [0, 0.1) is 35.5 Å². The van der Waals surface area contributed by atoms with Gasteiger partial charge in [-0.1, -0.05) is 80.4 Å². The molecule has 3 aromatic carbocycles. The number of carbonyl (C=O) groups is 1. The van der Waals surface area contributed by atoms with E-state index in [2.05, 4.69) is 122 Å². The summed E-state index contributed by atoms with van der Waals surface area (Å²) in [5.74, 6) is 1.44. The number of benzene rings is 3. The van der Waals surface area contributed by atoms with E-state index in [0.29, 0.717) is 49.8 Å². The van der Waals surface area contributed by atoms with E-state index in [1.807, 2.05) is 0 Å². The van der Waals surface area contributed by atoms with Gasteiger partial charge in [-0.15, -0.1) is 11.3 Å². The summed E-state index contributed by atoms with van der Waals surface area (Å²) in [5, 5.41) is 16.5. The number of methoxy groups -OCH3 is 1. The Morgan fingerprint density at radius 3 is 2.44 bits per heavy atom. The summed E-state index contributed by atoms with van der Waals surface area (Å²) in [6.45, 7) is 16.4. The minimum Gasteiger partial charge on any atom is -0.478 e.